The Balaban J connectivity index is 1.99. The predicted molar refractivity (Wildman–Crippen MR) is 65.5 cm³/mol. The lowest BCUT2D eigenvalue weighted by Crippen LogP contribution is -2.33. The standard InChI is InChI=1S/C13H17N3/c1-15-8-3-5-12(10-15)16-9-6-11-4-2-7-14-13(11)16/h2,4,6-7,9,12H,3,5,8,10H2,1H3. The third kappa shape index (κ3) is 1.61. The van der Waals surface area contributed by atoms with Gasteiger partial charge in [-0.2, -0.15) is 0 Å². The summed E-state index contributed by atoms with van der Waals surface area (Å²) in [5.74, 6) is 0. The molecule has 84 valence electrons. The molecule has 0 saturated carbocycles. The molecule has 3 nitrogen and oxygen atoms in total. The average molecular weight is 215 g/mol. The molecule has 2 aromatic rings. The van der Waals surface area contributed by atoms with Crippen LogP contribution in [0, 0.1) is 0 Å². The summed E-state index contributed by atoms with van der Waals surface area (Å²) in [6.07, 6.45) is 6.62. The minimum atomic E-state index is 0.589. The third-order valence-corrected chi connectivity index (χ3v) is 3.47. The van der Waals surface area contributed by atoms with Crippen molar-refractivity contribution in [1.29, 1.82) is 0 Å². The summed E-state index contributed by atoms with van der Waals surface area (Å²) in [6, 6.07) is 6.88. The van der Waals surface area contributed by atoms with Crippen molar-refractivity contribution >= 4 is 11.0 Å². The van der Waals surface area contributed by atoms with E-state index in [0.29, 0.717) is 6.04 Å². The first-order chi connectivity index (χ1) is 7.84. The Bertz CT molecular complexity index is 489. The molecule has 1 aliphatic rings. The lowest BCUT2D eigenvalue weighted by molar-refractivity contribution is 0.215. The van der Waals surface area contributed by atoms with E-state index >= 15 is 0 Å². The maximum absolute atomic E-state index is 4.49. The molecule has 2 aromatic heterocycles. The van der Waals surface area contributed by atoms with Crippen LogP contribution in [0.25, 0.3) is 11.0 Å². The van der Waals surface area contributed by atoms with Gasteiger partial charge in [0.05, 0.1) is 0 Å². The second-order valence-electron chi connectivity index (χ2n) is 4.70. The topological polar surface area (TPSA) is 21.1 Å². The number of rotatable bonds is 1. The molecular formula is C13H17N3. The molecule has 1 fully saturated rings. The van der Waals surface area contributed by atoms with E-state index in [1.165, 1.54) is 24.8 Å². The van der Waals surface area contributed by atoms with Crippen LogP contribution in [0.1, 0.15) is 18.9 Å². The molecule has 1 aliphatic heterocycles. The molecule has 3 heteroatoms. The van der Waals surface area contributed by atoms with E-state index in [2.05, 4.69) is 39.8 Å². The number of likely N-dealkylation sites (tertiary alicyclic amines) is 1. The number of nitrogens with zero attached hydrogens (tertiary/aromatic N) is 3. The van der Waals surface area contributed by atoms with Crippen LogP contribution in [0.15, 0.2) is 30.6 Å². The summed E-state index contributed by atoms with van der Waals surface area (Å²) in [5, 5.41) is 1.25. The Morgan fingerprint density at radius 1 is 1.38 bits per heavy atom. The van der Waals surface area contributed by atoms with Crippen molar-refractivity contribution in [3.8, 4) is 0 Å². The largest absolute Gasteiger partial charge is 0.328 e. The van der Waals surface area contributed by atoms with Crippen molar-refractivity contribution in [2.45, 2.75) is 18.9 Å². The monoisotopic (exact) mass is 215 g/mol. The van der Waals surface area contributed by atoms with E-state index in [1.807, 2.05) is 12.3 Å². The SMILES string of the molecule is CN1CCCC(n2ccc3cccnc32)C1. The van der Waals surface area contributed by atoms with Crippen LogP contribution in [-0.2, 0) is 0 Å². The molecule has 1 saturated heterocycles. The van der Waals surface area contributed by atoms with E-state index in [-0.39, 0.29) is 0 Å². The fraction of sp³-hybridized carbons (Fsp3) is 0.462. The van der Waals surface area contributed by atoms with Gasteiger partial charge in [0.25, 0.3) is 0 Å². The van der Waals surface area contributed by atoms with Crippen LogP contribution < -0.4 is 0 Å². The summed E-state index contributed by atoms with van der Waals surface area (Å²) < 4.78 is 2.34. The van der Waals surface area contributed by atoms with Crippen LogP contribution in [0.2, 0.25) is 0 Å². The van der Waals surface area contributed by atoms with Gasteiger partial charge in [-0.05, 0) is 44.6 Å². The lowest BCUT2D eigenvalue weighted by Gasteiger charge is -2.30. The van der Waals surface area contributed by atoms with Gasteiger partial charge in [0.1, 0.15) is 5.65 Å². The molecule has 16 heavy (non-hydrogen) atoms. The van der Waals surface area contributed by atoms with Crippen molar-refractivity contribution in [1.82, 2.24) is 14.5 Å². The summed E-state index contributed by atoms with van der Waals surface area (Å²) in [4.78, 5) is 6.89. The quantitative estimate of drug-likeness (QED) is 0.728. The fourth-order valence-electron chi connectivity index (χ4n) is 2.65. The number of hydrogen-bond donors (Lipinski definition) is 0. The third-order valence-electron chi connectivity index (χ3n) is 3.47. The van der Waals surface area contributed by atoms with Crippen LogP contribution in [0.3, 0.4) is 0 Å². The van der Waals surface area contributed by atoms with Gasteiger partial charge in [-0.1, -0.05) is 0 Å². The van der Waals surface area contributed by atoms with E-state index in [4.69, 9.17) is 0 Å². The highest BCUT2D eigenvalue weighted by molar-refractivity contribution is 5.75. The Hall–Kier alpha value is -1.35. The molecule has 0 aromatic carbocycles. The van der Waals surface area contributed by atoms with Gasteiger partial charge < -0.3 is 9.47 Å². The Morgan fingerprint density at radius 2 is 2.31 bits per heavy atom. The van der Waals surface area contributed by atoms with E-state index in [9.17, 15) is 0 Å². The average Bonchev–Trinajstić information content (AvgIpc) is 2.72. The number of piperidine rings is 1. The first-order valence-corrected chi connectivity index (χ1v) is 5.95. The zero-order valence-electron chi connectivity index (χ0n) is 9.63. The van der Waals surface area contributed by atoms with Crippen molar-refractivity contribution in [2.75, 3.05) is 20.1 Å². The maximum Gasteiger partial charge on any atom is 0.140 e. The smallest absolute Gasteiger partial charge is 0.140 e. The highest BCUT2D eigenvalue weighted by Gasteiger charge is 2.19. The molecular weight excluding hydrogens is 198 g/mol. The van der Waals surface area contributed by atoms with Gasteiger partial charge in [0.2, 0.25) is 0 Å². The summed E-state index contributed by atoms with van der Waals surface area (Å²) in [6.45, 7) is 2.36. The number of hydrogen-bond acceptors (Lipinski definition) is 2. The van der Waals surface area contributed by atoms with Crippen LogP contribution >= 0.6 is 0 Å². The van der Waals surface area contributed by atoms with E-state index in [1.54, 1.807) is 0 Å². The van der Waals surface area contributed by atoms with Crippen molar-refractivity contribution in [2.24, 2.45) is 0 Å². The van der Waals surface area contributed by atoms with Crippen molar-refractivity contribution in [3.63, 3.8) is 0 Å². The molecule has 0 N–H and O–H groups in total. The number of pyridine rings is 1. The zero-order chi connectivity index (χ0) is 11.0. The highest BCUT2D eigenvalue weighted by Crippen LogP contribution is 2.24. The predicted octanol–water partition coefficient (Wildman–Crippen LogP) is 2.30. The van der Waals surface area contributed by atoms with Gasteiger partial charge in [-0.25, -0.2) is 4.98 Å². The lowest BCUT2D eigenvalue weighted by atomic mass is 10.1. The van der Waals surface area contributed by atoms with Crippen LogP contribution in [-0.4, -0.2) is 34.6 Å². The van der Waals surface area contributed by atoms with E-state index < -0.39 is 0 Å². The molecule has 3 heterocycles. The first-order valence-electron chi connectivity index (χ1n) is 5.95. The Labute approximate surface area is 95.7 Å². The first kappa shape index (κ1) is 9.85. The normalized spacial score (nSPS) is 22.7. The number of fused-ring (bicyclic) bond motifs is 1. The molecule has 0 amide bonds. The summed E-state index contributed by atoms with van der Waals surface area (Å²) in [5.41, 5.74) is 1.13. The number of aromatic nitrogens is 2. The molecule has 0 radical (unpaired) electrons. The van der Waals surface area contributed by atoms with E-state index in [0.717, 1.165) is 12.2 Å². The van der Waals surface area contributed by atoms with Gasteiger partial charge in [0.15, 0.2) is 0 Å². The second-order valence-corrected chi connectivity index (χ2v) is 4.70. The molecule has 1 unspecified atom stereocenters. The summed E-state index contributed by atoms with van der Waals surface area (Å²) >= 11 is 0. The summed E-state index contributed by atoms with van der Waals surface area (Å²) in [7, 11) is 2.20. The van der Waals surface area contributed by atoms with Gasteiger partial charge in [-0.15, -0.1) is 0 Å². The van der Waals surface area contributed by atoms with Gasteiger partial charge in [-0.3, -0.25) is 0 Å². The fourth-order valence-corrected chi connectivity index (χ4v) is 2.65. The molecule has 0 bridgehead atoms. The minimum Gasteiger partial charge on any atom is -0.328 e. The highest BCUT2D eigenvalue weighted by atomic mass is 15.2. The second kappa shape index (κ2) is 3.91. The van der Waals surface area contributed by atoms with Crippen molar-refractivity contribution in [3.05, 3.63) is 30.6 Å². The van der Waals surface area contributed by atoms with Crippen LogP contribution in [0.5, 0.6) is 0 Å². The van der Waals surface area contributed by atoms with Crippen molar-refractivity contribution < 1.29 is 0 Å². The van der Waals surface area contributed by atoms with Gasteiger partial charge >= 0.3 is 0 Å². The Kier molecular flexibility index (Phi) is 2.40. The minimum absolute atomic E-state index is 0.589. The molecule has 3 rings (SSSR count). The molecule has 0 spiro atoms. The zero-order valence-corrected chi connectivity index (χ0v) is 9.63. The maximum atomic E-state index is 4.49. The van der Waals surface area contributed by atoms with Crippen LogP contribution in [0.4, 0.5) is 0 Å². The molecule has 0 aliphatic carbocycles. The van der Waals surface area contributed by atoms with Gasteiger partial charge in [0, 0.05) is 30.4 Å². The number of likely N-dealkylation sites (N-methyl/N-ethyl adjacent to an activating group) is 1. The Morgan fingerprint density at radius 3 is 3.19 bits per heavy atom. The molecule has 1 atom stereocenters.